The molecule has 7 heteroatoms. The number of ether oxygens (including phenoxy) is 2. The van der Waals surface area contributed by atoms with Gasteiger partial charge in [-0.3, -0.25) is 0 Å². The Hall–Kier alpha value is -1.50. The number of nitrogens with zero attached hydrogens (tertiary/aromatic N) is 1. The molecule has 3 rings (SSSR count). The molecular weight excluding hydrogens is 300 g/mol. The zero-order valence-corrected chi connectivity index (χ0v) is 12.3. The Morgan fingerprint density at radius 3 is 2.85 bits per heavy atom. The minimum absolute atomic E-state index is 0.211. The number of thiazole rings is 1. The van der Waals surface area contributed by atoms with E-state index >= 15 is 0 Å². The van der Waals surface area contributed by atoms with Gasteiger partial charge in [0, 0.05) is 28.4 Å². The molecule has 2 heterocycles. The van der Waals surface area contributed by atoms with Crippen molar-refractivity contribution < 1.29 is 14.6 Å². The van der Waals surface area contributed by atoms with Crippen LogP contribution >= 0.6 is 22.9 Å². The van der Waals surface area contributed by atoms with Crippen molar-refractivity contribution in [2.75, 3.05) is 12.1 Å². The first-order chi connectivity index (χ1) is 9.63. The Kier molecular flexibility index (Phi) is 3.69. The third-order valence-corrected chi connectivity index (χ3v) is 4.09. The van der Waals surface area contributed by atoms with E-state index in [1.807, 2.05) is 6.07 Å². The van der Waals surface area contributed by atoms with Crippen LogP contribution in [-0.4, -0.2) is 16.9 Å². The molecule has 1 aromatic heterocycles. The third-order valence-electron chi connectivity index (χ3n) is 2.97. The van der Waals surface area contributed by atoms with Crippen molar-refractivity contribution in [3.05, 3.63) is 33.2 Å². The van der Waals surface area contributed by atoms with Gasteiger partial charge in [-0.1, -0.05) is 11.6 Å². The summed E-state index contributed by atoms with van der Waals surface area (Å²) < 4.78 is 11.2. The van der Waals surface area contributed by atoms with Gasteiger partial charge in [0.1, 0.15) is 0 Å². The summed E-state index contributed by atoms with van der Waals surface area (Å²) in [5.41, 5.74) is 1.58. The van der Waals surface area contributed by atoms with Crippen molar-refractivity contribution in [1.29, 1.82) is 0 Å². The maximum atomic E-state index is 9.87. The maximum Gasteiger partial charge on any atom is 0.231 e. The van der Waals surface area contributed by atoms with Crippen LogP contribution in [0.1, 0.15) is 23.5 Å². The lowest BCUT2D eigenvalue weighted by Crippen LogP contribution is -2.03. The number of fused-ring (bicyclic) bond motifs is 1. The SMILES string of the molecule is CC(O)c1cc2c(cc1NCc1cnc(Cl)s1)OCO2. The molecule has 1 aliphatic heterocycles. The second-order valence-electron chi connectivity index (χ2n) is 4.40. The minimum atomic E-state index is -0.600. The highest BCUT2D eigenvalue weighted by Crippen LogP contribution is 2.39. The monoisotopic (exact) mass is 312 g/mol. The molecule has 1 atom stereocenters. The minimum Gasteiger partial charge on any atom is -0.454 e. The predicted octanol–water partition coefficient (Wildman–Crippen LogP) is 3.19. The van der Waals surface area contributed by atoms with Crippen LogP contribution < -0.4 is 14.8 Å². The number of hydrogen-bond donors (Lipinski definition) is 2. The van der Waals surface area contributed by atoms with Gasteiger partial charge in [-0.15, -0.1) is 11.3 Å². The number of aliphatic hydroxyl groups excluding tert-OH is 1. The van der Waals surface area contributed by atoms with Crippen LogP contribution in [-0.2, 0) is 6.54 Å². The molecule has 0 fully saturated rings. The molecule has 1 unspecified atom stereocenters. The standard InChI is InChI=1S/C13H13ClN2O3S/c1-7(17)9-2-11-12(19-6-18-11)3-10(9)15-4-8-5-16-13(14)20-8/h2-3,5,7,15,17H,4,6H2,1H3. The highest BCUT2D eigenvalue weighted by atomic mass is 35.5. The van der Waals surface area contributed by atoms with Crippen molar-refractivity contribution in [3.8, 4) is 11.5 Å². The van der Waals surface area contributed by atoms with Crippen LogP contribution in [0.5, 0.6) is 11.5 Å². The summed E-state index contributed by atoms with van der Waals surface area (Å²) in [5, 5.41) is 13.1. The molecule has 0 radical (unpaired) electrons. The largest absolute Gasteiger partial charge is 0.454 e. The molecule has 106 valence electrons. The Balaban J connectivity index is 1.84. The molecule has 0 aliphatic carbocycles. The van der Waals surface area contributed by atoms with Crippen LogP contribution in [0.4, 0.5) is 5.69 Å². The molecule has 1 aliphatic rings. The van der Waals surface area contributed by atoms with Crippen molar-refractivity contribution >= 4 is 28.6 Å². The third kappa shape index (κ3) is 2.67. The molecule has 0 spiro atoms. The highest BCUT2D eigenvalue weighted by molar-refractivity contribution is 7.15. The van der Waals surface area contributed by atoms with Crippen molar-refractivity contribution in [2.45, 2.75) is 19.6 Å². The molecule has 5 nitrogen and oxygen atoms in total. The summed E-state index contributed by atoms with van der Waals surface area (Å²) in [4.78, 5) is 5.01. The molecule has 2 N–H and O–H groups in total. The Bertz CT molecular complexity index is 630. The number of benzene rings is 1. The Morgan fingerprint density at radius 2 is 2.20 bits per heavy atom. The topological polar surface area (TPSA) is 63.6 Å². The quantitative estimate of drug-likeness (QED) is 0.907. The number of rotatable bonds is 4. The number of nitrogens with one attached hydrogen (secondary N) is 1. The van der Waals surface area contributed by atoms with Crippen molar-refractivity contribution in [3.63, 3.8) is 0 Å². The number of halogens is 1. The summed E-state index contributed by atoms with van der Waals surface area (Å²) in [5.74, 6) is 1.34. The molecule has 0 saturated carbocycles. The number of hydrogen-bond acceptors (Lipinski definition) is 6. The fourth-order valence-corrected chi connectivity index (χ4v) is 2.92. The fraction of sp³-hybridized carbons (Fsp3) is 0.308. The van der Waals surface area contributed by atoms with Gasteiger partial charge in [0.15, 0.2) is 16.0 Å². The first-order valence-electron chi connectivity index (χ1n) is 6.09. The van der Waals surface area contributed by atoms with Gasteiger partial charge in [0.2, 0.25) is 6.79 Å². The normalized spacial score (nSPS) is 14.3. The zero-order chi connectivity index (χ0) is 14.1. The molecule has 0 bridgehead atoms. The van der Waals surface area contributed by atoms with Gasteiger partial charge in [-0.25, -0.2) is 4.98 Å². The van der Waals surface area contributed by atoms with Crippen LogP contribution in [0.15, 0.2) is 18.3 Å². The number of aliphatic hydroxyl groups is 1. The van der Waals surface area contributed by atoms with E-state index < -0.39 is 6.10 Å². The molecule has 0 amide bonds. The Morgan fingerprint density at radius 1 is 1.45 bits per heavy atom. The molecule has 20 heavy (non-hydrogen) atoms. The van der Waals surface area contributed by atoms with Crippen LogP contribution in [0.25, 0.3) is 0 Å². The molecule has 0 saturated heterocycles. The predicted molar refractivity (Wildman–Crippen MR) is 77.6 cm³/mol. The summed E-state index contributed by atoms with van der Waals surface area (Å²) >= 11 is 7.22. The number of anilines is 1. The lowest BCUT2D eigenvalue weighted by Gasteiger charge is -2.14. The van der Waals surface area contributed by atoms with Crippen LogP contribution in [0.2, 0.25) is 4.47 Å². The van der Waals surface area contributed by atoms with E-state index in [2.05, 4.69) is 10.3 Å². The zero-order valence-electron chi connectivity index (χ0n) is 10.7. The highest BCUT2D eigenvalue weighted by Gasteiger charge is 2.19. The average Bonchev–Trinajstić information content (AvgIpc) is 3.03. The van der Waals surface area contributed by atoms with E-state index in [1.165, 1.54) is 11.3 Å². The van der Waals surface area contributed by atoms with E-state index in [1.54, 1.807) is 19.2 Å². The lowest BCUT2D eigenvalue weighted by atomic mass is 10.1. The first-order valence-corrected chi connectivity index (χ1v) is 7.28. The second-order valence-corrected chi connectivity index (χ2v) is 6.10. The van der Waals surface area contributed by atoms with Gasteiger partial charge in [0.05, 0.1) is 12.6 Å². The smallest absolute Gasteiger partial charge is 0.231 e. The lowest BCUT2D eigenvalue weighted by molar-refractivity contribution is 0.173. The van der Waals surface area contributed by atoms with Gasteiger partial charge in [-0.05, 0) is 13.0 Å². The molecule has 1 aromatic carbocycles. The van der Waals surface area contributed by atoms with E-state index in [-0.39, 0.29) is 6.79 Å². The summed E-state index contributed by atoms with van der Waals surface area (Å²) in [7, 11) is 0. The molecular formula is C13H13ClN2O3S. The second kappa shape index (κ2) is 5.47. The number of aromatic nitrogens is 1. The van der Waals surface area contributed by atoms with Gasteiger partial charge < -0.3 is 19.9 Å². The Labute approximate surface area is 125 Å². The van der Waals surface area contributed by atoms with E-state index in [0.29, 0.717) is 22.5 Å². The maximum absolute atomic E-state index is 9.87. The summed E-state index contributed by atoms with van der Waals surface area (Å²) in [6.07, 6.45) is 1.13. The van der Waals surface area contributed by atoms with Gasteiger partial charge in [0.25, 0.3) is 0 Å². The van der Waals surface area contributed by atoms with E-state index in [4.69, 9.17) is 21.1 Å². The average molecular weight is 313 g/mol. The van der Waals surface area contributed by atoms with E-state index in [9.17, 15) is 5.11 Å². The summed E-state index contributed by atoms with van der Waals surface area (Å²) in [6.45, 7) is 2.51. The fourth-order valence-electron chi connectivity index (χ4n) is 2.00. The van der Waals surface area contributed by atoms with Gasteiger partial charge >= 0.3 is 0 Å². The van der Waals surface area contributed by atoms with Gasteiger partial charge in [-0.2, -0.15) is 0 Å². The van der Waals surface area contributed by atoms with E-state index in [0.717, 1.165) is 16.1 Å². The van der Waals surface area contributed by atoms with Crippen LogP contribution in [0.3, 0.4) is 0 Å². The van der Waals surface area contributed by atoms with Crippen molar-refractivity contribution in [2.24, 2.45) is 0 Å². The molecule has 2 aromatic rings. The summed E-state index contributed by atoms with van der Waals surface area (Å²) in [6, 6.07) is 3.64. The first kappa shape index (κ1) is 13.5. The van der Waals surface area contributed by atoms with Crippen molar-refractivity contribution in [1.82, 2.24) is 4.98 Å². The van der Waals surface area contributed by atoms with Crippen LogP contribution in [0, 0.1) is 0 Å².